The third-order valence-electron chi connectivity index (χ3n) is 2.63. The van der Waals surface area contributed by atoms with Crippen molar-refractivity contribution in [2.75, 3.05) is 0 Å². The minimum Gasteiger partial charge on any atom is -0.319 e. The summed E-state index contributed by atoms with van der Waals surface area (Å²) in [5.74, 6) is 0.910. The molecule has 4 heteroatoms. The van der Waals surface area contributed by atoms with Crippen molar-refractivity contribution in [2.24, 2.45) is 0 Å². The van der Waals surface area contributed by atoms with Crippen LogP contribution in [-0.2, 0) is 6.54 Å². The van der Waals surface area contributed by atoms with Crippen molar-refractivity contribution in [1.29, 1.82) is 0 Å². The monoisotopic (exact) mass is 241 g/mol. The minimum atomic E-state index is 0.743. The minimum absolute atomic E-state index is 0.743. The lowest BCUT2D eigenvalue weighted by Gasteiger charge is -2.03. The predicted molar refractivity (Wildman–Crippen MR) is 71.0 cm³/mol. The third kappa shape index (κ3) is 1.66. The molecule has 0 fully saturated rings. The van der Waals surface area contributed by atoms with Crippen molar-refractivity contribution in [3.05, 3.63) is 47.8 Å². The zero-order valence-electron chi connectivity index (χ0n) is 9.21. The zero-order valence-corrected chi connectivity index (χ0v) is 10.0. The van der Waals surface area contributed by atoms with E-state index in [1.807, 2.05) is 35.2 Å². The van der Waals surface area contributed by atoms with Gasteiger partial charge in [0.05, 0.1) is 16.5 Å². The van der Waals surface area contributed by atoms with Gasteiger partial charge in [0.15, 0.2) is 5.82 Å². The van der Waals surface area contributed by atoms with Gasteiger partial charge in [0.2, 0.25) is 0 Å². The van der Waals surface area contributed by atoms with Gasteiger partial charge in [-0.25, -0.2) is 9.97 Å². The standard InChI is InChI=1S/C13H11N3S/c1-2-7-16-12-6-4-3-5-10(12)15-13(16)11-8-17-9-14-11/h2-6,8-9H,1,7H2. The van der Waals surface area contributed by atoms with Gasteiger partial charge in [-0.2, -0.15) is 0 Å². The van der Waals surface area contributed by atoms with Crippen molar-refractivity contribution in [3.63, 3.8) is 0 Å². The molecule has 17 heavy (non-hydrogen) atoms. The number of benzene rings is 1. The highest BCUT2D eigenvalue weighted by Gasteiger charge is 2.12. The lowest BCUT2D eigenvalue weighted by Crippen LogP contribution is -1.98. The van der Waals surface area contributed by atoms with Crippen LogP contribution in [0.4, 0.5) is 0 Å². The van der Waals surface area contributed by atoms with Crippen molar-refractivity contribution in [3.8, 4) is 11.5 Å². The Labute approximate surface area is 103 Å². The number of hydrogen-bond donors (Lipinski definition) is 0. The summed E-state index contributed by atoms with van der Waals surface area (Å²) in [6.07, 6.45) is 1.88. The fourth-order valence-electron chi connectivity index (χ4n) is 1.91. The fraction of sp³-hybridized carbons (Fsp3) is 0.0769. The number of fused-ring (bicyclic) bond motifs is 1. The second-order valence-corrected chi connectivity index (χ2v) is 4.42. The maximum Gasteiger partial charge on any atom is 0.160 e. The average molecular weight is 241 g/mol. The molecule has 3 rings (SSSR count). The molecule has 0 aliphatic rings. The highest BCUT2D eigenvalue weighted by molar-refractivity contribution is 7.07. The van der Waals surface area contributed by atoms with E-state index < -0.39 is 0 Å². The Kier molecular flexibility index (Phi) is 2.49. The van der Waals surface area contributed by atoms with Crippen LogP contribution in [0.5, 0.6) is 0 Å². The van der Waals surface area contributed by atoms with Crippen LogP contribution in [0.1, 0.15) is 0 Å². The molecule has 3 nitrogen and oxygen atoms in total. The summed E-state index contributed by atoms with van der Waals surface area (Å²) in [7, 11) is 0. The highest BCUT2D eigenvalue weighted by Crippen LogP contribution is 2.24. The van der Waals surface area contributed by atoms with Crippen LogP contribution >= 0.6 is 11.3 Å². The van der Waals surface area contributed by atoms with Gasteiger partial charge in [0.1, 0.15) is 5.69 Å². The normalized spacial score (nSPS) is 10.8. The summed E-state index contributed by atoms with van der Waals surface area (Å²) >= 11 is 1.58. The molecule has 1 aromatic carbocycles. The number of allylic oxidation sites excluding steroid dienone is 1. The van der Waals surface area contributed by atoms with Gasteiger partial charge in [-0.3, -0.25) is 0 Å². The molecule has 0 saturated carbocycles. The summed E-state index contributed by atoms with van der Waals surface area (Å²) in [6, 6.07) is 8.11. The molecule has 0 radical (unpaired) electrons. The molecule has 0 N–H and O–H groups in total. The van der Waals surface area contributed by atoms with E-state index in [0.717, 1.165) is 29.1 Å². The lowest BCUT2D eigenvalue weighted by atomic mass is 10.3. The Hall–Kier alpha value is -1.94. The maximum atomic E-state index is 4.63. The topological polar surface area (TPSA) is 30.7 Å². The van der Waals surface area contributed by atoms with Crippen molar-refractivity contribution >= 4 is 22.4 Å². The molecule has 0 aliphatic heterocycles. The molecule has 0 bridgehead atoms. The smallest absolute Gasteiger partial charge is 0.160 e. The van der Waals surface area contributed by atoms with Crippen LogP contribution in [-0.4, -0.2) is 14.5 Å². The molecule has 0 aliphatic carbocycles. The van der Waals surface area contributed by atoms with Gasteiger partial charge >= 0.3 is 0 Å². The first-order chi connectivity index (χ1) is 8.40. The number of imidazole rings is 1. The Balaban J connectivity index is 2.29. The van der Waals surface area contributed by atoms with E-state index in [2.05, 4.69) is 27.2 Å². The van der Waals surface area contributed by atoms with Gasteiger partial charge in [-0.15, -0.1) is 17.9 Å². The molecule has 84 valence electrons. The van der Waals surface area contributed by atoms with Crippen LogP contribution in [0.2, 0.25) is 0 Å². The first kappa shape index (κ1) is 10.2. The Morgan fingerprint density at radius 2 is 2.24 bits per heavy atom. The van der Waals surface area contributed by atoms with E-state index in [0.29, 0.717) is 0 Å². The molecular formula is C13H11N3S. The van der Waals surface area contributed by atoms with Crippen LogP contribution in [0, 0.1) is 0 Å². The van der Waals surface area contributed by atoms with E-state index in [-0.39, 0.29) is 0 Å². The van der Waals surface area contributed by atoms with Gasteiger partial charge < -0.3 is 4.57 Å². The average Bonchev–Trinajstić information content (AvgIpc) is 2.97. The first-order valence-corrected chi connectivity index (χ1v) is 6.29. The fourth-order valence-corrected chi connectivity index (χ4v) is 2.44. The quantitative estimate of drug-likeness (QED) is 0.658. The number of hydrogen-bond acceptors (Lipinski definition) is 3. The van der Waals surface area contributed by atoms with Gasteiger partial charge in [-0.05, 0) is 12.1 Å². The molecule has 3 aromatic rings. The number of thiazole rings is 1. The van der Waals surface area contributed by atoms with Crippen LogP contribution < -0.4 is 0 Å². The number of rotatable bonds is 3. The SMILES string of the molecule is C=CCn1c(-c2cscn2)nc2ccccc21. The second kappa shape index (κ2) is 4.14. The third-order valence-corrected chi connectivity index (χ3v) is 3.21. The van der Waals surface area contributed by atoms with Gasteiger partial charge in [0.25, 0.3) is 0 Å². The predicted octanol–water partition coefficient (Wildman–Crippen LogP) is 3.35. The van der Waals surface area contributed by atoms with Crippen LogP contribution in [0.25, 0.3) is 22.6 Å². The molecule has 2 aromatic heterocycles. The van der Waals surface area contributed by atoms with Gasteiger partial charge in [-0.1, -0.05) is 18.2 Å². The molecule has 0 amide bonds. The summed E-state index contributed by atoms with van der Waals surface area (Å²) in [6.45, 7) is 4.54. The van der Waals surface area contributed by atoms with E-state index >= 15 is 0 Å². The Morgan fingerprint density at radius 1 is 1.35 bits per heavy atom. The molecule has 2 heterocycles. The largest absolute Gasteiger partial charge is 0.319 e. The molecule has 0 saturated heterocycles. The van der Waals surface area contributed by atoms with E-state index in [1.54, 1.807) is 11.3 Å². The summed E-state index contributed by atoms with van der Waals surface area (Å²) in [5, 5.41) is 2.01. The van der Waals surface area contributed by atoms with Crippen molar-refractivity contribution in [1.82, 2.24) is 14.5 Å². The summed E-state index contributed by atoms with van der Waals surface area (Å²) in [4.78, 5) is 8.96. The Morgan fingerprint density at radius 3 is 3.00 bits per heavy atom. The number of nitrogens with zero attached hydrogens (tertiary/aromatic N) is 3. The zero-order chi connectivity index (χ0) is 11.7. The Bertz CT molecular complexity index is 652. The van der Waals surface area contributed by atoms with E-state index in [1.165, 1.54) is 0 Å². The molecule has 0 spiro atoms. The highest BCUT2D eigenvalue weighted by atomic mass is 32.1. The number of para-hydroxylation sites is 2. The summed E-state index contributed by atoms with van der Waals surface area (Å²) < 4.78 is 2.14. The van der Waals surface area contributed by atoms with Crippen molar-refractivity contribution in [2.45, 2.75) is 6.54 Å². The van der Waals surface area contributed by atoms with Crippen LogP contribution in [0.15, 0.2) is 47.8 Å². The molecule has 0 unspecified atom stereocenters. The van der Waals surface area contributed by atoms with Gasteiger partial charge in [0, 0.05) is 11.9 Å². The lowest BCUT2D eigenvalue weighted by molar-refractivity contribution is 0.858. The maximum absolute atomic E-state index is 4.63. The summed E-state index contributed by atoms with van der Waals surface area (Å²) in [5.41, 5.74) is 4.87. The second-order valence-electron chi connectivity index (χ2n) is 3.70. The van der Waals surface area contributed by atoms with E-state index in [9.17, 15) is 0 Å². The van der Waals surface area contributed by atoms with Crippen molar-refractivity contribution < 1.29 is 0 Å². The van der Waals surface area contributed by atoms with Crippen LogP contribution in [0.3, 0.4) is 0 Å². The molecule has 0 atom stereocenters. The number of aromatic nitrogens is 3. The molecular weight excluding hydrogens is 230 g/mol. The first-order valence-electron chi connectivity index (χ1n) is 5.35. The van der Waals surface area contributed by atoms with E-state index in [4.69, 9.17) is 0 Å².